The van der Waals surface area contributed by atoms with E-state index in [1.165, 1.54) is 0 Å². The number of rotatable bonds is 3. The maximum atomic E-state index is 11.8. The van der Waals surface area contributed by atoms with Crippen LogP contribution in [0.4, 0.5) is 0 Å². The van der Waals surface area contributed by atoms with Crippen LogP contribution in [0, 0.1) is 0 Å². The van der Waals surface area contributed by atoms with Crippen molar-refractivity contribution >= 4 is 32.4 Å². The summed E-state index contributed by atoms with van der Waals surface area (Å²) in [7, 11) is 3.29. The molecule has 0 radical (unpaired) electrons. The van der Waals surface area contributed by atoms with Gasteiger partial charge in [0.05, 0.1) is 23.0 Å². The number of methoxy groups -OCH3 is 1. The van der Waals surface area contributed by atoms with Gasteiger partial charge in [-0.25, -0.2) is 4.98 Å². The number of amides is 1. The van der Waals surface area contributed by atoms with Crippen molar-refractivity contribution in [1.82, 2.24) is 14.7 Å². The normalized spacial score (nSPS) is 11.1. The van der Waals surface area contributed by atoms with E-state index >= 15 is 0 Å². The zero-order valence-corrected chi connectivity index (χ0v) is 14.1. The fourth-order valence-electron chi connectivity index (χ4n) is 2.71. The van der Waals surface area contributed by atoms with Crippen molar-refractivity contribution in [2.75, 3.05) is 14.2 Å². The number of aromatic nitrogens is 2. The Morgan fingerprint density at radius 3 is 2.92 bits per heavy atom. The van der Waals surface area contributed by atoms with E-state index < -0.39 is 0 Å². The molecule has 24 heavy (non-hydrogen) atoms. The molecule has 2 aromatic carbocycles. The number of thiazole rings is 1. The number of carbonyl (C=O) groups excluding carboxylic acids is 1. The summed E-state index contributed by atoms with van der Waals surface area (Å²) >= 11 is 1.57. The highest BCUT2D eigenvalue weighted by Gasteiger charge is 2.12. The Kier molecular flexibility index (Phi) is 3.46. The Balaban J connectivity index is 1.83. The number of nitrogens with zero attached hydrogens (tertiary/aromatic N) is 2. The highest BCUT2D eigenvalue weighted by molar-refractivity contribution is 7.23. The standard InChI is InChI=1S/C18H15N3O2S/c1-19-17(22)12-6-7-15-16(9-12)24-18-20-14(10-21(15)18)11-4-3-5-13(8-11)23-2/h3-10H,1-2H3,(H,19,22). The predicted molar refractivity (Wildman–Crippen MR) is 96.0 cm³/mol. The largest absolute Gasteiger partial charge is 0.497 e. The molecule has 4 aromatic rings. The van der Waals surface area contributed by atoms with Crippen molar-refractivity contribution in [2.24, 2.45) is 0 Å². The molecule has 0 saturated carbocycles. The Morgan fingerprint density at radius 1 is 1.25 bits per heavy atom. The Bertz CT molecular complexity index is 1060. The minimum atomic E-state index is -0.0833. The molecular weight excluding hydrogens is 322 g/mol. The molecule has 0 bridgehead atoms. The number of ether oxygens (including phenoxy) is 1. The smallest absolute Gasteiger partial charge is 0.251 e. The van der Waals surface area contributed by atoms with Gasteiger partial charge in [0.1, 0.15) is 5.75 Å². The van der Waals surface area contributed by atoms with Crippen LogP contribution in [0.5, 0.6) is 5.75 Å². The number of nitrogens with one attached hydrogen (secondary N) is 1. The first kappa shape index (κ1) is 14.7. The zero-order chi connectivity index (χ0) is 16.7. The third-order valence-corrected chi connectivity index (χ3v) is 4.97. The van der Waals surface area contributed by atoms with Crippen molar-refractivity contribution < 1.29 is 9.53 Å². The quantitative estimate of drug-likeness (QED) is 0.622. The number of hydrogen-bond donors (Lipinski definition) is 1. The van der Waals surface area contributed by atoms with Gasteiger partial charge in [-0.1, -0.05) is 23.5 Å². The predicted octanol–water partition coefficient (Wildman–Crippen LogP) is 3.58. The minimum absolute atomic E-state index is 0.0833. The van der Waals surface area contributed by atoms with Gasteiger partial charge in [0.2, 0.25) is 0 Å². The van der Waals surface area contributed by atoms with Crippen molar-refractivity contribution in [2.45, 2.75) is 0 Å². The van der Waals surface area contributed by atoms with E-state index in [2.05, 4.69) is 9.72 Å². The van der Waals surface area contributed by atoms with Gasteiger partial charge in [-0.3, -0.25) is 9.20 Å². The molecule has 0 atom stereocenters. The van der Waals surface area contributed by atoms with E-state index in [1.807, 2.05) is 48.7 Å². The van der Waals surface area contributed by atoms with Gasteiger partial charge in [0, 0.05) is 24.4 Å². The van der Waals surface area contributed by atoms with Crippen molar-refractivity contribution in [1.29, 1.82) is 0 Å². The van der Waals surface area contributed by atoms with E-state index in [0.717, 1.165) is 32.2 Å². The lowest BCUT2D eigenvalue weighted by Crippen LogP contribution is -2.17. The van der Waals surface area contributed by atoms with E-state index in [0.29, 0.717) is 5.56 Å². The fourth-order valence-corrected chi connectivity index (χ4v) is 3.76. The summed E-state index contributed by atoms with van der Waals surface area (Å²) in [6.45, 7) is 0. The summed E-state index contributed by atoms with van der Waals surface area (Å²) in [5.74, 6) is 0.726. The summed E-state index contributed by atoms with van der Waals surface area (Å²) < 4.78 is 8.37. The SMILES string of the molecule is CNC(=O)c1ccc2c(c1)sc1nc(-c3cccc(OC)c3)cn12. The lowest BCUT2D eigenvalue weighted by molar-refractivity contribution is 0.0963. The lowest BCUT2D eigenvalue weighted by Gasteiger charge is -2.01. The Labute approximate surface area is 142 Å². The molecule has 0 aliphatic heterocycles. The van der Waals surface area contributed by atoms with Crippen LogP contribution in [0.15, 0.2) is 48.7 Å². The molecule has 2 heterocycles. The Hall–Kier alpha value is -2.86. The second-order valence-corrected chi connectivity index (χ2v) is 6.38. The number of hydrogen-bond acceptors (Lipinski definition) is 4. The lowest BCUT2D eigenvalue weighted by atomic mass is 10.1. The average Bonchev–Trinajstić information content (AvgIpc) is 3.18. The zero-order valence-electron chi connectivity index (χ0n) is 13.2. The van der Waals surface area contributed by atoms with Gasteiger partial charge in [0.15, 0.2) is 4.96 Å². The summed E-state index contributed by atoms with van der Waals surface area (Å²) in [4.78, 5) is 17.4. The maximum Gasteiger partial charge on any atom is 0.251 e. The van der Waals surface area contributed by atoms with Gasteiger partial charge in [-0.05, 0) is 30.3 Å². The number of fused-ring (bicyclic) bond motifs is 3. The fraction of sp³-hybridized carbons (Fsp3) is 0.111. The molecular formula is C18H15N3O2S. The molecule has 0 spiro atoms. The molecule has 0 aliphatic carbocycles. The first-order valence-electron chi connectivity index (χ1n) is 7.48. The van der Waals surface area contributed by atoms with Crippen LogP contribution in [0.1, 0.15) is 10.4 Å². The van der Waals surface area contributed by atoms with Crippen LogP contribution in [0.25, 0.3) is 26.4 Å². The number of imidazole rings is 1. The van der Waals surface area contributed by atoms with Crippen LogP contribution in [-0.4, -0.2) is 29.4 Å². The van der Waals surface area contributed by atoms with Gasteiger partial charge < -0.3 is 10.1 Å². The second kappa shape index (κ2) is 5.65. The maximum absolute atomic E-state index is 11.8. The first-order valence-corrected chi connectivity index (χ1v) is 8.29. The van der Waals surface area contributed by atoms with E-state index in [-0.39, 0.29) is 5.91 Å². The molecule has 0 unspecified atom stereocenters. The summed E-state index contributed by atoms with van der Waals surface area (Å²) in [5.41, 5.74) is 3.62. The summed E-state index contributed by atoms with van der Waals surface area (Å²) in [6, 6.07) is 13.5. The van der Waals surface area contributed by atoms with Crippen LogP contribution in [0.3, 0.4) is 0 Å². The summed E-state index contributed by atoms with van der Waals surface area (Å²) in [5, 5.41) is 2.65. The van der Waals surface area contributed by atoms with Crippen LogP contribution < -0.4 is 10.1 Å². The Morgan fingerprint density at radius 2 is 2.12 bits per heavy atom. The summed E-state index contributed by atoms with van der Waals surface area (Å²) in [6.07, 6.45) is 2.02. The van der Waals surface area contributed by atoms with Crippen LogP contribution in [-0.2, 0) is 0 Å². The molecule has 1 N–H and O–H groups in total. The highest BCUT2D eigenvalue weighted by atomic mass is 32.1. The average molecular weight is 337 g/mol. The van der Waals surface area contributed by atoms with E-state index in [1.54, 1.807) is 25.5 Å². The van der Waals surface area contributed by atoms with Crippen molar-refractivity contribution in [3.8, 4) is 17.0 Å². The van der Waals surface area contributed by atoms with Crippen molar-refractivity contribution in [3.63, 3.8) is 0 Å². The molecule has 4 rings (SSSR count). The second-order valence-electron chi connectivity index (χ2n) is 5.37. The third-order valence-electron chi connectivity index (χ3n) is 3.95. The third kappa shape index (κ3) is 2.32. The minimum Gasteiger partial charge on any atom is -0.497 e. The van der Waals surface area contributed by atoms with E-state index in [9.17, 15) is 4.79 Å². The molecule has 0 aliphatic rings. The van der Waals surface area contributed by atoms with Gasteiger partial charge in [-0.2, -0.15) is 0 Å². The van der Waals surface area contributed by atoms with E-state index in [4.69, 9.17) is 9.72 Å². The molecule has 1 amide bonds. The highest BCUT2D eigenvalue weighted by Crippen LogP contribution is 2.31. The van der Waals surface area contributed by atoms with Gasteiger partial charge in [-0.15, -0.1) is 0 Å². The van der Waals surface area contributed by atoms with Gasteiger partial charge in [0.25, 0.3) is 5.91 Å². The molecule has 0 saturated heterocycles. The molecule has 120 valence electrons. The number of benzene rings is 2. The number of carbonyl (C=O) groups is 1. The molecule has 5 nitrogen and oxygen atoms in total. The van der Waals surface area contributed by atoms with Gasteiger partial charge >= 0.3 is 0 Å². The molecule has 0 fully saturated rings. The van der Waals surface area contributed by atoms with Crippen LogP contribution >= 0.6 is 11.3 Å². The molecule has 6 heteroatoms. The topological polar surface area (TPSA) is 55.6 Å². The monoisotopic (exact) mass is 337 g/mol. The van der Waals surface area contributed by atoms with Crippen molar-refractivity contribution in [3.05, 3.63) is 54.2 Å². The van der Waals surface area contributed by atoms with Crippen LogP contribution in [0.2, 0.25) is 0 Å². The first-order chi connectivity index (χ1) is 11.7. The molecule has 2 aromatic heterocycles.